The van der Waals surface area contributed by atoms with E-state index in [2.05, 4.69) is 12.2 Å². The molecule has 8 heteroatoms. The molecular weight excluding hydrogens is 397 g/mol. The predicted octanol–water partition coefficient (Wildman–Crippen LogP) is 3.26. The van der Waals surface area contributed by atoms with Crippen LogP contribution in [0.5, 0.6) is 0 Å². The number of aromatic nitrogens is 1. The van der Waals surface area contributed by atoms with E-state index in [-0.39, 0.29) is 27.4 Å². The largest absolute Gasteiger partial charge is 0.477 e. The van der Waals surface area contributed by atoms with Gasteiger partial charge in [0.2, 0.25) is 5.43 Å². The Hall–Kier alpha value is -2.12. The van der Waals surface area contributed by atoms with E-state index in [1.807, 2.05) is 11.9 Å². The minimum atomic E-state index is -1.31. The summed E-state index contributed by atoms with van der Waals surface area (Å²) < 4.78 is 17.0. The van der Waals surface area contributed by atoms with Gasteiger partial charge in [-0.15, -0.1) is 0 Å². The Morgan fingerprint density at radius 1 is 1.41 bits per heavy atom. The van der Waals surface area contributed by atoms with Crippen LogP contribution in [0.25, 0.3) is 10.9 Å². The molecule has 2 aromatic rings. The fraction of sp³-hybridized carbons (Fsp3) is 0.524. The standard InChI is InChI=1S/C21H23ClFN3O3/c1-21-6-15(24-2)13(21)8-25(9-21)18-14(23)5-11-17(16(18)22)26(10-3-4-10)7-12(19(11)27)20(28)29/h5,7,10,13,15,24H,3-4,6,8-9H2,1-2H3,(H,28,29). The van der Waals surface area contributed by atoms with Crippen LogP contribution in [-0.2, 0) is 0 Å². The summed E-state index contributed by atoms with van der Waals surface area (Å²) in [7, 11) is 1.95. The highest BCUT2D eigenvalue weighted by Gasteiger charge is 2.55. The molecule has 3 unspecified atom stereocenters. The number of hydrogen-bond acceptors (Lipinski definition) is 4. The number of nitrogens with zero attached hydrogens (tertiary/aromatic N) is 2. The first-order valence-corrected chi connectivity index (χ1v) is 10.4. The van der Waals surface area contributed by atoms with Gasteiger partial charge in [0.1, 0.15) is 11.4 Å². The number of nitrogens with one attached hydrogen (secondary N) is 1. The molecule has 3 fully saturated rings. The van der Waals surface area contributed by atoms with Crippen molar-refractivity contribution in [2.45, 2.75) is 38.3 Å². The molecule has 3 atom stereocenters. The van der Waals surface area contributed by atoms with Crippen molar-refractivity contribution in [1.29, 1.82) is 0 Å². The minimum Gasteiger partial charge on any atom is -0.477 e. The zero-order chi connectivity index (χ0) is 20.7. The van der Waals surface area contributed by atoms with Crippen molar-refractivity contribution < 1.29 is 14.3 Å². The van der Waals surface area contributed by atoms with Crippen LogP contribution in [0.1, 0.15) is 42.6 Å². The maximum Gasteiger partial charge on any atom is 0.341 e. The van der Waals surface area contributed by atoms with Crippen LogP contribution >= 0.6 is 11.6 Å². The lowest BCUT2D eigenvalue weighted by Crippen LogP contribution is -2.54. The maximum atomic E-state index is 15.2. The SMILES string of the molecule is CNC1CC2(C)CN(c3c(F)cc4c(=O)c(C(=O)O)cn(C5CC5)c4c3Cl)CC12. The molecule has 29 heavy (non-hydrogen) atoms. The van der Waals surface area contributed by atoms with Gasteiger partial charge in [-0.1, -0.05) is 18.5 Å². The highest BCUT2D eigenvalue weighted by Crippen LogP contribution is 2.54. The van der Waals surface area contributed by atoms with E-state index < -0.39 is 17.2 Å². The molecule has 1 aromatic heterocycles. The lowest BCUT2D eigenvalue weighted by atomic mass is 9.60. The van der Waals surface area contributed by atoms with Crippen LogP contribution in [0.15, 0.2) is 17.1 Å². The zero-order valence-corrected chi connectivity index (χ0v) is 17.1. The third-order valence-corrected chi connectivity index (χ3v) is 7.44. The molecule has 0 radical (unpaired) electrons. The fourth-order valence-electron chi connectivity index (χ4n) is 5.38. The van der Waals surface area contributed by atoms with Crippen molar-refractivity contribution >= 4 is 34.2 Å². The zero-order valence-electron chi connectivity index (χ0n) is 16.3. The van der Waals surface area contributed by atoms with E-state index in [1.54, 1.807) is 4.57 Å². The number of carbonyl (C=O) groups is 1. The summed E-state index contributed by atoms with van der Waals surface area (Å²) in [4.78, 5) is 26.2. The van der Waals surface area contributed by atoms with Crippen LogP contribution < -0.4 is 15.6 Å². The van der Waals surface area contributed by atoms with Crippen LogP contribution in [0.3, 0.4) is 0 Å². The van der Waals surface area contributed by atoms with E-state index in [9.17, 15) is 14.7 Å². The van der Waals surface area contributed by atoms with Crippen LogP contribution in [0.4, 0.5) is 10.1 Å². The van der Waals surface area contributed by atoms with E-state index in [0.717, 1.165) is 19.3 Å². The molecule has 1 aromatic carbocycles. The Kier molecular flexibility index (Phi) is 4.03. The second-order valence-electron chi connectivity index (χ2n) is 8.97. The second-order valence-corrected chi connectivity index (χ2v) is 9.35. The Morgan fingerprint density at radius 2 is 2.14 bits per heavy atom. The predicted molar refractivity (Wildman–Crippen MR) is 110 cm³/mol. The average Bonchev–Trinajstić information content (AvgIpc) is 3.45. The molecule has 2 N–H and O–H groups in total. The highest BCUT2D eigenvalue weighted by atomic mass is 35.5. The van der Waals surface area contributed by atoms with Gasteiger partial charge in [0.15, 0.2) is 0 Å². The van der Waals surface area contributed by atoms with Crippen LogP contribution in [0.2, 0.25) is 5.02 Å². The minimum absolute atomic E-state index is 0.0320. The second kappa shape index (κ2) is 6.19. The van der Waals surface area contributed by atoms with Crippen LogP contribution in [0, 0.1) is 17.2 Å². The molecule has 154 valence electrons. The third-order valence-electron chi connectivity index (χ3n) is 7.08. The number of fused-ring (bicyclic) bond motifs is 2. The van der Waals surface area contributed by atoms with Crippen molar-refractivity contribution in [2.75, 3.05) is 25.0 Å². The molecule has 6 nitrogen and oxygen atoms in total. The van der Waals surface area contributed by atoms with E-state index in [4.69, 9.17) is 11.6 Å². The van der Waals surface area contributed by atoms with Gasteiger partial charge in [-0.2, -0.15) is 0 Å². The van der Waals surface area contributed by atoms with Gasteiger partial charge in [0.25, 0.3) is 0 Å². The summed E-state index contributed by atoms with van der Waals surface area (Å²) in [5.41, 5.74) is -0.171. The van der Waals surface area contributed by atoms with Gasteiger partial charge in [0, 0.05) is 31.4 Å². The number of rotatable bonds is 4. The number of halogens is 2. The first-order valence-electron chi connectivity index (χ1n) is 9.97. The molecule has 0 spiro atoms. The lowest BCUT2D eigenvalue weighted by Gasteiger charge is -2.48. The average molecular weight is 420 g/mol. The van der Waals surface area contributed by atoms with Gasteiger partial charge in [0.05, 0.1) is 21.6 Å². The molecule has 5 rings (SSSR count). The quantitative estimate of drug-likeness (QED) is 0.795. The number of hydrogen-bond donors (Lipinski definition) is 2. The van der Waals surface area contributed by atoms with E-state index >= 15 is 4.39 Å². The van der Waals surface area contributed by atoms with Crippen molar-refractivity contribution in [3.8, 4) is 0 Å². The van der Waals surface area contributed by atoms with Gasteiger partial charge in [-0.25, -0.2) is 9.18 Å². The van der Waals surface area contributed by atoms with Gasteiger partial charge in [-0.3, -0.25) is 4.79 Å². The van der Waals surface area contributed by atoms with Gasteiger partial charge >= 0.3 is 5.97 Å². The molecule has 2 heterocycles. The van der Waals surface area contributed by atoms with E-state index in [0.29, 0.717) is 36.3 Å². The van der Waals surface area contributed by atoms with Crippen molar-refractivity contribution in [3.63, 3.8) is 0 Å². The highest BCUT2D eigenvalue weighted by molar-refractivity contribution is 6.38. The number of carboxylic acid groups (broad SMARTS) is 1. The number of carboxylic acids is 1. The van der Waals surface area contributed by atoms with Crippen molar-refractivity contribution in [2.24, 2.45) is 11.3 Å². The first-order chi connectivity index (χ1) is 13.7. The van der Waals surface area contributed by atoms with Gasteiger partial charge < -0.3 is 19.9 Å². The first kappa shape index (κ1) is 18.9. The fourth-order valence-corrected chi connectivity index (χ4v) is 5.79. The summed E-state index contributed by atoms with van der Waals surface area (Å²) in [5, 5.41) is 13.0. The van der Waals surface area contributed by atoms with Gasteiger partial charge in [-0.05, 0) is 43.7 Å². The smallest absolute Gasteiger partial charge is 0.341 e. The Bertz CT molecular complexity index is 1110. The summed E-state index contributed by atoms with van der Waals surface area (Å²) in [6, 6.07) is 1.67. The molecule has 2 saturated carbocycles. The summed E-state index contributed by atoms with van der Waals surface area (Å²) in [5.74, 6) is -1.47. The molecule has 2 aliphatic carbocycles. The number of pyridine rings is 1. The third kappa shape index (κ3) is 2.63. The van der Waals surface area contributed by atoms with Crippen molar-refractivity contribution in [1.82, 2.24) is 9.88 Å². The van der Waals surface area contributed by atoms with Crippen molar-refractivity contribution in [3.05, 3.63) is 38.9 Å². The monoisotopic (exact) mass is 419 g/mol. The van der Waals surface area contributed by atoms with Crippen LogP contribution in [-0.4, -0.2) is 41.8 Å². The summed E-state index contributed by atoms with van der Waals surface area (Å²) in [6.45, 7) is 3.63. The molecule has 0 amide bonds. The summed E-state index contributed by atoms with van der Waals surface area (Å²) in [6.07, 6.45) is 4.16. The Labute approximate surface area is 172 Å². The Morgan fingerprint density at radius 3 is 2.76 bits per heavy atom. The molecule has 3 aliphatic rings. The maximum absolute atomic E-state index is 15.2. The summed E-state index contributed by atoms with van der Waals surface area (Å²) >= 11 is 6.73. The molecule has 0 bridgehead atoms. The number of anilines is 1. The topological polar surface area (TPSA) is 74.6 Å². The number of aromatic carboxylic acids is 1. The normalized spacial score (nSPS) is 28.5. The molecule has 1 saturated heterocycles. The molecular formula is C21H23ClFN3O3. The Balaban J connectivity index is 1.69. The lowest BCUT2D eigenvalue weighted by molar-refractivity contribution is 0.0577. The van der Waals surface area contributed by atoms with E-state index in [1.165, 1.54) is 12.3 Å². The molecule has 1 aliphatic heterocycles. The number of benzene rings is 1.